The van der Waals surface area contributed by atoms with E-state index in [4.69, 9.17) is 10.7 Å². The zero-order chi connectivity index (χ0) is 38.3. The first-order chi connectivity index (χ1) is 25.5. The quantitative estimate of drug-likeness (QED) is 0.141. The first-order valence-electron chi connectivity index (χ1n) is 16.8. The number of nitrogens with zero attached hydrogens (tertiary/aromatic N) is 5. The predicted octanol–water partition coefficient (Wildman–Crippen LogP) is 5.90. The van der Waals surface area contributed by atoms with E-state index in [1.54, 1.807) is 37.4 Å². The number of hydrogen-bond acceptors (Lipinski definition) is 6. The summed E-state index contributed by atoms with van der Waals surface area (Å²) in [6, 6.07) is 9.85. The molecule has 0 bridgehead atoms. The van der Waals surface area contributed by atoms with Gasteiger partial charge >= 0.3 is 12.1 Å². The van der Waals surface area contributed by atoms with Gasteiger partial charge in [0, 0.05) is 35.2 Å². The minimum Gasteiger partial charge on any atom is -0.382 e. The number of halogens is 7. The highest BCUT2D eigenvalue weighted by atomic mass is 19.4. The van der Waals surface area contributed by atoms with Crippen LogP contribution in [0.15, 0.2) is 48.5 Å². The van der Waals surface area contributed by atoms with Gasteiger partial charge in [0.2, 0.25) is 5.91 Å². The van der Waals surface area contributed by atoms with Crippen LogP contribution in [0.3, 0.4) is 0 Å². The summed E-state index contributed by atoms with van der Waals surface area (Å²) >= 11 is 0. The lowest BCUT2D eigenvalue weighted by atomic mass is 9.81. The molecule has 4 N–H and O–H groups in total. The first kappa shape index (κ1) is 35.2. The smallest absolute Gasteiger partial charge is 0.382 e. The Labute approximate surface area is 302 Å². The number of rotatable bonds is 7. The Kier molecular flexibility index (Phi) is 8.04. The number of nitrogens with two attached hydrogens (primary N) is 1. The van der Waals surface area contributed by atoms with E-state index in [0.717, 1.165) is 18.6 Å². The Balaban J connectivity index is 1.25. The summed E-state index contributed by atoms with van der Waals surface area (Å²) in [5, 5.41) is 21.6. The van der Waals surface area contributed by atoms with Crippen molar-refractivity contribution in [2.24, 2.45) is 13.0 Å². The maximum absolute atomic E-state index is 15.5. The molecule has 0 spiro atoms. The van der Waals surface area contributed by atoms with Crippen LogP contribution in [0.1, 0.15) is 65.1 Å². The molecule has 9 nitrogen and oxygen atoms in total. The van der Waals surface area contributed by atoms with Crippen molar-refractivity contribution in [2.75, 3.05) is 5.73 Å². The van der Waals surface area contributed by atoms with Gasteiger partial charge in [-0.05, 0) is 67.5 Å². The lowest BCUT2D eigenvalue weighted by Gasteiger charge is -2.30. The molecule has 0 unspecified atom stereocenters. The third-order valence-corrected chi connectivity index (χ3v) is 10.0. The van der Waals surface area contributed by atoms with Gasteiger partial charge < -0.3 is 16.2 Å². The summed E-state index contributed by atoms with van der Waals surface area (Å²) in [5.74, 6) is 0.707. The average Bonchev–Trinajstić information content (AvgIpc) is 3.62. The molecule has 8 rings (SSSR count). The molecule has 54 heavy (non-hydrogen) atoms. The van der Waals surface area contributed by atoms with E-state index in [9.17, 15) is 31.9 Å². The van der Waals surface area contributed by atoms with Gasteiger partial charge in [0.15, 0.2) is 11.5 Å². The number of aryl methyl sites for hydroxylation is 1. The Hall–Kier alpha value is -5.87. The summed E-state index contributed by atoms with van der Waals surface area (Å²) in [4.78, 5) is 18.6. The maximum Gasteiger partial charge on any atom is 0.435 e. The van der Waals surface area contributed by atoms with E-state index < -0.39 is 76.6 Å². The van der Waals surface area contributed by atoms with Crippen LogP contribution in [0, 0.1) is 41.2 Å². The highest BCUT2D eigenvalue weighted by Crippen LogP contribution is 2.58. The van der Waals surface area contributed by atoms with Crippen LogP contribution in [0.5, 0.6) is 0 Å². The Morgan fingerprint density at radius 3 is 2.48 bits per heavy atom. The summed E-state index contributed by atoms with van der Waals surface area (Å²) in [7, 11) is 1.66. The molecule has 1 amide bonds. The molecular weight excluding hydrogens is 719 g/mol. The molecule has 3 atom stereocenters. The van der Waals surface area contributed by atoms with E-state index >= 15 is 8.78 Å². The summed E-state index contributed by atoms with van der Waals surface area (Å²) in [5.41, 5.74) is 3.38. The van der Waals surface area contributed by atoms with Crippen molar-refractivity contribution >= 4 is 22.6 Å². The molecule has 0 aliphatic heterocycles. The Bertz CT molecular complexity index is 2490. The van der Waals surface area contributed by atoms with Gasteiger partial charge in [0.05, 0.1) is 23.2 Å². The first-order valence-corrected chi connectivity index (χ1v) is 16.8. The van der Waals surface area contributed by atoms with Crippen LogP contribution in [-0.4, -0.2) is 41.2 Å². The Morgan fingerprint density at radius 2 is 1.83 bits per heavy atom. The average molecular weight is 748 g/mol. The lowest BCUT2D eigenvalue weighted by molar-refractivity contribution is -0.142. The number of para-hydroxylation sites is 1. The number of carbonyl (C=O) groups is 1. The minimum atomic E-state index is -5.11. The molecule has 5 aromatic rings. The largest absolute Gasteiger partial charge is 0.435 e. The van der Waals surface area contributed by atoms with E-state index in [0.29, 0.717) is 45.6 Å². The van der Waals surface area contributed by atoms with Crippen molar-refractivity contribution in [1.29, 1.82) is 0 Å². The second-order valence-corrected chi connectivity index (χ2v) is 13.7. The molecule has 3 aliphatic rings. The fraction of sp³-hybridized carbons (Fsp3) is 0.316. The van der Waals surface area contributed by atoms with Gasteiger partial charge in [-0.15, -0.1) is 0 Å². The van der Waals surface area contributed by atoms with Crippen LogP contribution >= 0.6 is 0 Å². The van der Waals surface area contributed by atoms with Gasteiger partial charge in [0.25, 0.3) is 0 Å². The number of aliphatic hydroxyl groups is 1. The summed E-state index contributed by atoms with van der Waals surface area (Å²) < 4.78 is 104. The van der Waals surface area contributed by atoms with Crippen LogP contribution in [-0.2, 0) is 36.9 Å². The number of alkyl halides is 5. The highest BCUT2D eigenvalue weighted by molar-refractivity contribution is 6.00. The molecular formula is C38H28F7N7O2. The summed E-state index contributed by atoms with van der Waals surface area (Å²) in [6.45, 7) is -1.07. The van der Waals surface area contributed by atoms with E-state index in [2.05, 4.69) is 39.2 Å². The molecule has 1 saturated carbocycles. The topological polar surface area (TPSA) is 124 Å². The molecule has 0 radical (unpaired) electrons. The molecule has 3 aliphatic carbocycles. The number of aromatic nitrogens is 5. The van der Waals surface area contributed by atoms with Crippen LogP contribution < -0.4 is 11.1 Å². The number of amides is 1. The molecule has 3 aromatic heterocycles. The van der Waals surface area contributed by atoms with Crippen molar-refractivity contribution in [1.82, 2.24) is 29.9 Å². The fourth-order valence-electron chi connectivity index (χ4n) is 7.38. The van der Waals surface area contributed by atoms with Crippen molar-refractivity contribution in [3.63, 3.8) is 0 Å². The van der Waals surface area contributed by atoms with E-state index in [1.807, 2.05) is 0 Å². The number of nitrogen functional groups attached to an aromatic ring is 1. The fourth-order valence-corrected chi connectivity index (χ4v) is 7.38. The SMILES string of the molecule is Cn1nc(N)c2cccc(-c3ccc(C#CC4(O)CCC4)nc3[C@H](Cc3cc(F)cc(F)c3)NC(=O)Cn3nc(C(F)(F)F)c4c3C(F)(F)[C@@H]3C#C[C@H]43)c21. The molecule has 276 valence electrons. The van der Waals surface area contributed by atoms with Gasteiger partial charge in [-0.2, -0.15) is 32.1 Å². The van der Waals surface area contributed by atoms with E-state index in [-0.39, 0.29) is 29.2 Å². The highest BCUT2D eigenvalue weighted by Gasteiger charge is 2.62. The predicted molar refractivity (Wildman–Crippen MR) is 180 cm³/mol. The number of nitrogens with one attached hydrogen (secondary N) is 1. The zero-order valence-electron chi connectivity index (χ0n) is 28.2. The minimum absolute atomic E-state index is 0.0633. The molecule has 1 fully saturated rings. The van der Waals surface area contributed by atoms with Crippen molar-refractivity contribution in [2.45, 2.75) is 61.9 Å². The van der Waals surface area contributed by atoms with Gasteiger partial charge in [-0.1, -0.05) is 29.9 Å². The van der Waals surface area contributed by atoms with Gasteiger partial charge in [0.1, 0.15) is 41.1 Å². The second kappa shape index (κ2) is 12.3. The number of pyridine rings is 1. The molecule has 16 heteroatoms. The monoisotopic (exact) mass is 747 g/mol. The third kappa shape index (κ3) is 5.91. The van der Waals surface area contributed by atoms with E-state index in [1.165, 1.54) is 4.68 Å². The van der Waals surface area contributed by atoms with Crippen molar-refractivity contribution < 1.29 is 40.6 Å². The lowest BCUT2D eigenvalue weighted by Crippen LogP contribution is -2.36. The normalized spacial score (nSPS) is 19.4. The molecule has 3 heterocycles. The number of benzene rings is 2. The standard InChI is InChI=1S/C38H28F7N7O2/c1-51-32-24(4-2-5-26(32)35(46)50-51)23-7-6-22(10-13-36(54)11-3-12-36)47-31(23)28(16-19-14-20(39)17-21(40)15-19)48-29(53)18-52-34-30(33(49-52)38(43,44)45)25-8-9-27(25)37(34,41)42/h2,4-7,14-15,17,25,27-28,54H,3,11-12,16,18H2,1H3,(H2,46,50)(H,48,53)/t25-,27+,28-/m0/s1. The van der Waals surface area contributed by atoms with Crippen LogP contribution in [0.4, 0.5) is 36.6 Å². The van der Waals surface area contributed by atoms with Crippen molar-refractivity contribution in [3.05, 3.63) is 94.1 Å². The van der Waals surface area contributed by atoms with Crippen LogP contribution in [0.2, 0.25) is 0 Å². The number of hydrogen-bond donors (Lipinski definition) is 3. The van der Waals surface area contributed by atoms with Crippen molar-refractivity contribution in [3.8, 4) is 34.8 Å². The third-order valence-electron chi connectivity index (χ3n) is 10.0. The maximum atomic E-state index is 15.5. The summed E-state index contributed by atoms with van der Waals surface area (Å²) in [6.07, 6.45) is -3.73. The Morgan fingerprint density at radius 1 is 1.09 bits per heavy atom. The second-order valence-electron chi connectivity index (χ2n) is 13.7. The number of anilines is 1. The van der Waals surface area contributed by atoms with Crippen LogP contribution in [0.25, 0.3) is 22.0 Å². The number of carbonyl (C=O) groups excluding carboxylic acids is 1. The number of fused-ring (bicyclic) bond motifs is 4. The van der Waals surface area contributed by atoms with Gasteiger partial charge in [-0.3, -0.25) is 14.2 Å². The molecule has 0 saturated heterocycles. The molecule has 2 aromatic carbocycles. The zero-order valence-corrected chi connectivity index (χ0v) is 28.2. The van der Waals surface area contributed by atoms with Gasteiger partial charge in [-0.25, -0.2) is 13.8 Å².